The zero-order valence-electron chi connectivity index (χ0n) is 16.3. The van der Waals surface area contributed by atoms with E-state index in [2.05, 4.69) is 63.2 Å². The minimum Gasteiger partial charge on any atom is -0.378 e. The molecule has 4 rings (SSSR count). The van der Waals surface area contributed by atoms with Gasteiger partial charge in [-0.05, 0) is 31.9 Å². The van der Waals surface area contributed by atoms with E-state index in [1.165, 1.54) is 10.6 Å². The van der Waals surface area contributed by atoms with Crippen molar-refractivity contribution in [3.63, 3.8) is 0 Å². The Kier molecular flexibility index (Phi) is 6.29. The highest BCUT2D eigenvalue weighted by atomic mass is 32.2. The number of ether oxygens (including phenoxy) is 1. The molecule has 3 aromatic rings. The molecule has 0 saturated carbocycles. The first-order valence-electron chi connectivity index (χ1n) is 9.66. The van der Waals surface area contributed by atoms with Gasteiger partial charge in [-0.2, -0.15) is 0 Å². The fourth-order valence-electron chi connectivity index (χ4n) is 3.13. The number of morpholine rings is 1. The summed E-state index contributed by atoms with van der Waals surface area (Å²) in [5.41, 5.74) is 3.44. The standard InChI is InChI=1S/C20H25N5OS2/c1-3-4-18-21-16(13-27-18)14-28-20-23-22-19(24-9-11-26-12-10-24)25(20)17-7-5-15(2)6-8-17/h5-8,13H,3-4,9-12,14H2,1-2H3. The number of hydrogen-bond donors (Lipinski definition) is 0. The molecular weight excluding hydrogens is 390 g/mol. The zero-order valence-corrected chi connectivity index (χ0v) is 17.9. The van der Waals surface area contributed by atoms with E-state index >= 15 is 0 Å². The van der Waals surface area contributed by atoms with Gasteiger partial charge in [0.25, 0.3) is 0 Å². The van der Waals surface area contributed by atoms with Gasteiger partial charge >= 0.3 is 0 Å². The molecule has 1 fully saturated rings. The second kappa shape index (κ2) is 9.07. The Morgan fingerprint density at radius 2 is 1.93 bits per heavy atom. The van der Waals surface area contributed by atoms with Crippen molar-refractivity contribution < 1.29 is 4.74 Å². The third-order valence-electron chi connectivity index (χ3n) is 4.61. The van der Waals surface area contributed by atoms with Gasteiger partial charge in [-0.25, -0.2) is 4.98 Å². The van der Waals surface area contributed by atoms with Crippen LogP contribution in [0.4, 0.5) is 5.95 Å². The Hall–Kier alpha value is -1.90. The zero-order chi connectivity index (χ0) is 19.3. The first-order valence-corrected chi connectivity index (χ1v) is 11.5. The maximum atomic E-state index is 5.51. The molecule has 0 atom stereocenters. The van der Waals surface area contributed by atoms with Gasteiger partial charge in [-0.1, -0.05) is 36.4 Å². The third-order valence-corrected chi connectivity index (χ3v) is 6.53. The Balaban J connectivity index is 1.60. The van der Waals surface area contributed by atoms with Gasteiger partial charge in [-0.15, -0.1) is 21.5 Å². The van der Waals surface area contributed by atoms with Crippen molar-refractivity contribution in [2.45, 2.75) is 37.6 Å². The number of rotatable bonds is 7. The van der Waals surface area contributed by atoms with Crippen molar-refractivity contribution in [2.75, 3.05) is 31.2 Å². The molecule has 0 N–H and O–H groups in total. The minimum atomic E-state index is 0.724. The fourth-order valence-corrected chi connectivity index (χ4v) is 4.97. The van der Waals surface area contributed by atoms with Gasteiger partial charge < -0.3 is 9.64 Å². The number of nitrogens with zero attached hydrogens (tertiary/aromatic N) is 5. The summed E-state index contributed by atoms with van der Waals surface area (Å²) < 4.78 is 7.67. The monoisotopic (exact) mass is 415 g/mol. The molecule has 6 nitrogen and oxygen atoms in total. The number of hydrogen-bond acceptors (Lipinski definition) is 7. The summed E-state index contributed by atoms with van der Waals surface area (Å²) in [6.07, 6.45) is 2.18. The molecule has 1 aliphatic rings. The van der Waals surface area contributed by atoms with Crippen LogP contribution in [0.15, 0.2) is 34.8 Å². The van der Waals surface area contributed by atoms with Crippen LogP contribution in [0.3, 0.4) is 0 Å². The van der Waals surface area contributed by atoms with Crippen molar-refractivity contribution in [1.82, 2.24) is 19.7 Å². The molecule has 2 aromatic heterocycles. The lowest BCUT2D eigenvalue weighted by Crippen LogP contribution is -2.37. The van der Waals surface area contributed by atoms with Crippen LogP contribution in [-0.4, -0.2) is 46.1 Å². The van der Waals surface area contributed by atoms with Crippen LogP contribution < -0.4 is 4.90 Å². The quantitative estimate of drug-likeness (QED) is 0.541. The first kappa shape index (κ1) is 19.4. The Bertz CT molecular complexity index is 900. The average molecular weight is 416 g/mol. The summed E-state index contributed by atoms with van der Waals surface area (Å²) in [4.78, 5) is 6.99. The highest BCUT2D eigenvalue weighted by molar-refractivity contribution is 7.98. The van der Waals surface area contributed by atoms with Crippen LogP contribution in [0.2, 0.25) is 0 Å². The van der Waals surface area contributed by atoms with Crippen molar-refractivity contribution >= 4 is 29.0 Å². The lowest BCUT2D eigenvalue weighted by molar-refractivity contribution is 0.122. The number of thiazole rings is 1. The molecule has 0 radical (unpaired) electrons. The number of aromatic nitrogens is 4. The lowest BCUT2D eigenvalue weighted by Gasteiger charge is -2.27. The predicted molar refractivity (Wildman–Crippen MR) is 115 cm³/mol. The van der Waals surface area contributed by atoms with Crippen LogP contribution in [0.1, 0.15) is 29.6 Å². The topological polar surface area (TPSA) is 56.1 Å². The highest BCUT2D eigenvalue weighted by Crippen LogP contribution is 2.29. The molecule has 1 aromatic carbocycles. The number of thioether (sulfide) groups is 1. The van der Waals surface area contributed by atoms with E-state index in [4.69, 9.17) is 9.72 Å². The molecule has 3 heterocycles. The van der Waals surface area contributed by atoms with Gasteiger partial charge in [0.05, 0.1) is 29.6 Å². The van der Waals surface area contributed by atoms with Crippen molar-refractivity contribution in [3.8, 4) is 5.69 Å². The molecular formula is C20H25N5OS2. The molecule has 28 heavy (non-hydrogen) atoms. The van der Waals surface area contributed by atoms with Gasteiger partial charge in [0.2, 0.25) is 5.95 Å². The maximum absolute atomic E-state index is 5.51. The van der Waals surface area contributed by atoms with Crippen molar-refractivity contribution in [3.05, 3.63) is 45.9 Å². The minimum absolute atomic E-state index is 0.724. The average Bonchev–Trinajstić information content (AvgIpc) is 3.35. The number of benzene rings is 1. The van der Waals surface area contributed by atoms with E-state index in [9.17, 15) is 0 Å². The summed E-state index contributed by atoms with van der Waals surface area (Å²) in [6.45, 7) is 7.41. The predicted octanol–water partition coefficient (Wildman–Crippen LogP) is 4.11. The Morgan fingerprint density at radius 3 is 2.68 bits per heavy atom. The molecule has 0 aliphatic carbocycles. The Labute approximate surface area is 174 Å². The van der Waals surface area contributed by atoms with Gasteiger partial charge in [0.15, 0.2) is 5.16 Å². The molecule has 1 aliphatic heterocycles. The molecule has 0 amide bonds. The largest absolute Gasteiger partial charge is 0.378 e. The van der Waals surface area contributed by atoms with E-state index in [0.29, 0.717) is 0 Å². The number of aryl methyl sites for hydroxylation is 2. The molecule has 0 spiro atoms. The summed E-state index contributed by atoms with van der Waals surface area (Å²) in [7, 11) is 0. The van der Waals surface area contributed by atoms with Crippen LogP contribution in [0.25, 0.3) is 5.69 Å². The summed E-state index contributed by atoms with van der Waals surface area (Å²) >= 11 is 3.44. The molecule has 148 valence electrons. The van der Waals surface area contributed by atoms with Crippen LogP contribution >= 0.6 is 23.1 Å². The van der Waals surface area contributed by atoms with Crippen LogP contribution in [0, 0.1) is 6.92 Å². The first-order chi connectivity index (χ1) is 13.7. The molecule has 1 saturated heterocycles. The summed E-state index contributed by atoms with van der Waals surface area (Å²) in [5, 5.41) is 13.3. The normalized spacial score (nSPS) is 14.6. The lowest BCUT2D eigenvalue weighted by atomic mass is 10.2. The van der Waals surface area contributed by atoms with E-state index in [0.717, 1.165) is 67.4 Å². The van der Waals surface area contributed by atoms with E-state index in [-0.39, 0.29) is 0 Å². The summed E-state index contributed by atoms with van der Waals surface area (Å²) in [5.74, 6) is 1.69. The molecule has 0 unspecified atom stereocenters. The second-order valence-electron chi connectivity index (χ2n) is 6.82. The number of anilines is 1. The second-order valence-corrected chi connectivity index (χ2v) is 8.71. The highest BCUT2D eigenvalue weighted by Gasteiger charge is 2.22. The van der Waals surface area contributed by atoms with E-state index < -0.39 is 0 Å². The van der Waals surface area contributed by atoms with Gasteiger partial charge in [-0.3, -0.25) is 4.57 Å². The van der Waals surface area contributed by atoms with E-state index in [1.54, 1.807) is 23.1 Å². The smallest absolute Gasteiger partial charge is 0.232 e. The van der Waals surface area contributed by atoms with Gasteiger partial charge in [0, 0.05) is 24.2 Å². The van der Waals surface area contributed by atoms with E-state index in [1.807, 2.05) is 0 Å². The SMILES string of the molecule is CCCc1nc(CSc2nnc(N3CCOCC3)n2-c2ccc(C)cc2)cs1. The summed E-state index contributed by atoms with van der Waals surface area (Å²) in [6, 6.07) is 8.53. The van der Waals surface area contributed by atoms with Gasteiger partial charge in [0.1, 0.15) is 0 Å². The Morgan fingerprint density at radius 1 is 1.14 bits per heavy atom. The molecule has 8 heteroatoms. The fraction of sp³-hybridized carbons (Fsp3) is 0.450. The maximum Gasteiger partial charge on any atom is 0.232 e. The molecule has 0 bridgehead atoms. The van der Waals surface area contributed by atoms with Crippen molar-refractivity contribution in [1.29, 1.82) is 0 Å². The third kappa shape index (κ3) is 4.39. The van der Waals surface area contributed by atoms with Crippen molar-refractivity contribution in [2.24, 2.45) is 0 Å². The van der Waals surface area contributed by atoms with Crippen LogP contribution in [0.5, 0.6) is 0 Å². The van der Waals surface area contributed by atoms with Crippen LogP contribution in [-0.2, 0) is 16.9 Å².